The number of methoxy groups -OCH3 is 1. The number of imide groups is 1. The fourth-order valence-corrected chi connectivity index (χ4v) is 4.15. The van der Waals surface area contributed by atoms with Gasteiger partial charge >= 0.3 is 0 Å². The minimum Gasteiger partial charge on any atom is -0.497 e. The van der Waals surface area contributed by atoms with Crippen LogP contribution in [-0.4, -0.2) is 34.2 Å². The highest BCUT2D eigenvalue weighted by Gasteiger charge is 2.16. The van der Waals surface area contributed by atoms with Crippen molar-refractivity contribution in [2.75, 3.05) is 12.9 Å². The number of rotatable bonds is 7. The lowest BCUT2D eigenvalue weighted by atomic mass is 10.1. The molecule has 0 aliphatic carbocycles. The average Bonchev–Trinajstić information content (AvgIpc) is 2.83. The number of carbonyl (C=O) groups is 2. The largest absolute Gasteiger partial charge is 0.497 e. The van der Waals surface area contributed by atoms with E-state index in [-0.39, 0.29) is 23.6 Å². The normalized spacial score (nSPS) is 10.7. The van der Waals surface area contributed by atoms with Crippen LogP contribution in [0.15, 0.2) is 88.8 Å². The van der Waals surface area contributed by atoms with Crippen LogP contribution in [0.25, 0.3) is 16.6 Å². The average molecular weight is 460 g/mol. The Hall–Kier alpha value is -3.91. The molecule has 4 aromatic rings. The van der Waals surface area contributed by atoms with Gasteiger partial charge in [-0.25, -0.2) is 4.98 Å². The van der Waals surface area contributed by atoms with Gasteiger partial charge < -0.3 is 4.74 Å². The van der Waals surface area contributed by atoms with Crippen LogP contribution in [0.4, 0.5) is 0 Å². The van der Waals surface area contributed by atoms with Gasteiger partial charge in [0.2, 0.25) is 11.8 Å². The van der Waals surface area contributed by atoms with E-state index in [0.29, 0.717) is 27.5 Å². The monoisotopic (exact) mass is 459 g/mol. The molecular formula is C25H21N3O4S. The molecule has 0 atom stereocenters. The van der Waals surface area contributed by atoms with E-state index in [4.69, 9.17) is 4.74 Å². The van der Waals surface area contributed by atoms with Crippen LogP contribution in [0.3, 0.4) is 0 Å². The Labute approximate surface area is 194 Å². The molecule has 0 unspecified atom stereocenters. The first kappa shape index (κ1) is 22.3. The second-order valence-corrected chi connectivity index (χ2v) is 8.12. The smallest absolute Gasteiger partial charge is 0.266 e. The van der Waals surface area contributed by atoms with Crippen LogP contribution in [0.2, 0.25) is 0 Å². The van der Waals surface area contributed by atoms with Gasteiger partial charge in [0, 0.05) is 6.07 Å². The number of thioether (sulfide) groups is 1. The van der Waals surface area contributed by atoms with Gasteiger partial charge in [-0.05, 0) is 29.8 Å². The predicted octanol–water partition coefficient (Wildman–Crippen LogP) is 3.37. The van der Waals surface area contributed by atoms with Crippen LogP contribution in [0.5, 0.6) is 5.75 Å². The van der Waals surface area contributed by atoms with Gasteiger partial charge in [-0.3, -0.25) is 24.3 Å². The summed E-state index contributed by atoms with van der Waals surface area (Å²) >= 11 is 1.09. The molecule has 2 amide bonds. The van der Waals surface area contributed by atoms with Gasteiger partial charge in [-0.2, -0.15) is 0 Å². The first-order valence-corrected chi connectivity index (χ1v) is 11.2. The van der Waals surface area contributed by atoms with Crippen molar-refractivity contribution in [2.24, 2.45) is 0 Å². The molecule has 0 spiro atoms. The molecule has 1 heterocycles. The summed E-state index contributed by atoms with van der Waals surface area (Å²) in [6, 6.07) is 23.3. The van der Waals surface area contributed by atoms with E-state index in [9.17, 15) is 14.4 Å². The lowest BCUT2D eigenvalue weighted by Crippen LogP contribution is -2.33. The molecule has 7 nitrogen and oxygen atoms in total. The first-order valence-electron chi connectivity index (χ1n) is 10.2. The Morgan fingerprint density at radius 2 is 1.73 bits per heavy atom. The summed E-state index contributed by atoms with van der Waals surface area (Å²) in [5, 5.41) is 3.20. The number of fused-ring (bicyclic) bond motifs is 1. The molecule has 1 N–H and O–H groups in total. The minimum atomic E-state index is -0.458. The molecule has 1 aromatic heterocycles. The van der Waals surface area contributed by atoms with Crippen molar-refractivity contribution >= 4 is 34.5 Å². The number of ether oxygens (including phenoxy) is 1. The van der Waals surface area contributed by atoms with Gasteiger partial charge in [-0.15, -0.1) is 0 Å². The van der Waals surface area contributed by atoms with Crippen molar-refractivity contribution in [1.29, 1.82) is 0 Å². The summed E-state index contributed by atoms with van der Waals surface area (Å²) in [6.45, 7) is 0. The van der Waals surface area contributed by atoms with Crippen LogP contribution in [0.1, 0.15) is 5.56 Å². The number of nitrogens with one attached hydrogen (secondary N) is 1. The molecule has 0 aliphatic heterocycles. The van der Waals surface area contributed by atoms with E-state index < -0.39 is 5.91 Å². The lowest BCUT2D eigenvalue weighted by Gasteiger charge is -2.14. The summed E-state index contributed by atoms with van der Waals surface area (Å²) in [4.78, 5) is 42.5. The van der Waals surface area contributed by atoms with E-state index in [1.165, 1.54) is 4.57 Å². The van der Waals surface area contributed by atoms with Gasteiger partial charge in [0.25, 0.3) is 5.56 Å². The summed E-state index contributed by atoms with van der Waals surface area (Å²) in [6.07, 6.45) is 0.111. The van der Waals surface area contributed by atoms with Gasteiger partial charge in [-0.1, -0.05) is 60.3 Å². The molecule has 3 aromatic carbocycles. The van der Waals surface area contributed by atoms with Crippen molar-refractivity contribution in [3.05, 3.63) is 94.8 Å². The molecular weight excluding hydrogens is 438 g/mol. The molecule has 0 fully saturated rings. The van der Waals surface area contributed by atoms with Gasteiger partial charge in [0.15, 0.2) is 5.16 Å². The minimum absolute atomic E-state index is 0.0741. The molecule has 8 heteroatoms. The topological polar surface area (TPSA) is 90.3 Å². The number of aromatic nitrogens is 2. The SMILES string of the molecule is COc1cccc(-n2c(SCC(=O)NC(=O)Cc3ccccc3)nc3ccccc3c2=O)c1. The molecule has 33 heavy (non-hydrogen) atoms. The Kier molecular flexibility index (Phi) is 6.85. The highest BCUT2D eigenvalue weighted by atomic mass is 32.2. The predicted molar refractivity (Wildman–Crippen MR) is 128 cm³/mol. The molecule has 0 radical (unpaired) electrons. The highest BCUT2D eigenvalue weighted by molar-refractivity contribution is 7.99. The third-order valence-electron chi connectivity index (χ3n) is 4.88. The van der Waals surface area contributed by atoms with E-state index in [1.807, 2.05) is 30.3 Å². The fourth-order valence-electron chi connectivity index (χ4n) is 3.33. The third-order valence-corrected chi connectivity index (χ3v) is 5.81. The standard InChI is InChI=1S/C25H21N3O4S/c1-32-19-11-7-10-18(15-19)28-24(31)20-12-5-6-13-21(20)26-25(28)33-16-23(30)27-22(29)14-17-8-3-2-4-9-17/h2-13,15H,14,16H2,1H3,(H,27,29,30). The van der Waals surface area contributed by atoms with Crippen LogP contribution < -0.4 is 15.6 Å². The Morgan fingerprint density at radius 1 is 0.970 bits per heavy atom. The third kappa shape index (κ3) is 5.30. The number of carbonyl (C=O) groups excluding carboxylic acids is 2. The second kappa shape index (κ2) is 10.1. The van der Waals surface area contributed by atoms with Crippen LogP contribution in [0, 0.1) is 0 Å². The summed E-state index contributed by atoms with van der Waals surface area (Å²) < 4.78 is 6.74. The molecule has 0 saturated carbocycles. The van der Waals surface area contributed by atoms with Gasteiger partial charge in [0.1, 0.15) is 5.75 Å². The fraction of sp³-hybridized carbons (Fsp3) is 0.120. The quantitative estimate of drug-likeness (QED) is 0.337. The van der Waals surface area contributed by atoms with E-state index in [2.05, 4.69) is 10.3 Å². The number of amides is 2. The van der Waals surface area contributed by atoms with Crippen molar-refractivity contribution in [2.45, 2.75) is 11.6 Å². The van der Waals surface area contributed by atoms with Crippen molar-refractivity contribution in [1.82, 2.24) is 14.9 Å². The Morgan fingerprint density at radius 3 is 2.52 bits per heavy atom. The Balaban J connectivity index is 1.58. The molecule has 166 valence electrons. The number of benzene rings is 3. The molecule has 0 bridgehead atoms. The maximum absolute atomic E-state index is 13.3. The highest BCUT2D eigenvalue weighted by Crippen LogP contribution is 2.23. The van der Waals surface area contributed by atoms with Crippen molar-refractivity contribution in [3.8, 4) is 11.4 Å². The van der Waals surface area contributed by atoms with E-state index in [0.717, 1.165) is 17.3 Å². The molecule has 4 rings (SSSR count). The maximum atomic E-state index is 13.3. The number of hydrogen-bond acceptors (Lipinski definition) is 6. The molecule has 0 aliphatic rings. The zero-order valence-corrected chi connectivity index (χ0v) is 18.7. The van der Waals surface area contributed by atoms with E-state index in [1.54, 1.807) is 55.6 Å². The second-order valence-electron chi connectivity index (χ2n) is 7.18. The first-order chi connectivity index (χ1) is 16.0. The zero-order valence-electron chi connectivity index (χ0n) is 17.9. The van der Waals surface area contributed by atoms with Crippen molar-refractivity contribution in [3.63, 3.8) is 0 Å². The number of para-hydroxylation sites is 1. The van der Waals surface area contributed by atoms with E-state index >= 15 is 0 Å². The van der Waals surface area contributed by atoms with Gasteiger partial charge in [0.05, 0.1) is 35.9 Å². The van der Waals surface area contributed by atoms with Crippen molar-refractivity contribution < 1.29 is 14.3 Å². The lowest BCUT2D eigenvalue weighted by molar-refractivity contribution is -0.128. The Bertz CT molecular complexity index is 1370. The number of nitrogens with zero attached hydrogens (tertiary/aromatic N) is 2. The summed E-state index contributed by atoms with van der Waals surface area (Å²) in [5.41, 5.74) is 1.67. The summed E-state index contributed by atoms with van der Waals surface area (Å²) in [5.74, 6) is -0.327. The zero-order chi connectivity index (χ0) is 23.2. The van der Waals surface area contributed by atoms with Crippen LogP contribution in [-0.2, 0) is 16.0 Å². The summed E-state index contributed by atoms with van der Waals surface area (Å²) in [7, 11) is 1.55. The molecule has 0 saturated heterocycles. The van der Waals surface area contributed by atoms with Crippen LogP contribution >= 0.6 is 11.8 Å². The maximum Gasteiger partial charge on any atom is 0.266 e. The number of hydrogen-bond donors (Lipinski definition) is 1.